The van der Waals surface area contributed by atoms with Crippen LogP contribution in [0.3, 0.4) is 0 Å². The van der Waals surface area contributed by atoms with E-state index < -0.39 is 5.54 Å². The maximum absolute atomic E-state index is 12.5. The fourth-order valence-corrected chi connectivity index (χ4v) is 2.37. The molecule has 1 saturated heterocycles. The Kier molecular flexibility index (Phi) is 3.49. The SMILES string of the molecule is Cc1cc(Cl)c(C(=O)N2CCNC(=O)C2(C)C)cn1. The van der Waals surface area contributed by atoms with E-state index in [2.05, 4.69) is 10.3 Å². The normalized spacial score (nSPS) is 18.1. The lowest BCUT2D eigenvalue weighted by Gasteiger charge is -2.41. The lowest BCUT2D eigenvalue weighted by atomic mass is 9.98. The summed E-state index contributed by atoms with van der Waals surface area (Å²) in [4.78, 5) is 30.0. The number of halogens is 1. The van der Waals surface area contributed by atoms with Gasteiger partial charge in [-0.2, -0.15) is 0 Å². The van der Waals surface area contributed by atoms with Crippen LogP contribution < -0.4 is 5.32 Å². The minimum atomic E-state index is -0.885. The average Bonchev–Trinajstić information content (AvgIpc) is 2.32. The molecule has 0 spiro atoms. The Morgan fingerprint density at radius 1 is 1.53 bits per heavy atom. The Bertz CT molecular complexity index is 543. The van der Waals surface area contributed by atoms with Gasteiger partial charge in [-0.15, -0.1) is 0 Å². The number of rotatable bonds is 1. The van der Waals surface area contributed by atoms with E-state index in [0.29, 0.717) is 23.7 Å². The summed E-state index contributed by atoms with van der Waals surface area (Å²) >= 11 is 6.09. The smallest absolute Gasteiger partial charge is 0.257 e. The molecule has 0 aliphatic carbocycles. The first-order valence-corrected chi connectivity index (χ1v) is 6.44. The first-order chi connectivity index (χ1) is 8.84. The van der Waals surface area contributed by atoms with Gasteiger partial charge in [-0.05, 0) is 26.8 Å². The van der Waals surface area contributed by atoms with Gasteiger partial charge in [0.1, 0.15) is 5.54 Å². The molecule has 1 aromatic heterocycles. The average molecular weight is 282 g/mol. The van der Waals surface area contributed by atoms with Crippen molar-refractivity contribution in [2.45, 2.75) is 26.3 Å². The molecule has 0 unspecified atom stereocenters. The number of aryl methyl sites for hydroxylation is 1. The van der Waals surface area contributed by atoms with E-state index in [4.69, 9.17) is 11.6 Å². The minimum Gasteiger partial charge on any atom is -0.352 e. The van der Waals surface area contributed by atoms with Crippen LogP contribution in [0.1, 0.15) is 29.9 Å². The second-order valence-corrected chi connectivity index (χ2v) is 5.48. The van der Waals surface area contributed by atoms with Gasteiger partial charge < -0.3 is 10.2 Å². The molecule has 1 aliphatic rings. The van der Waals surface area contributed by atoms with Crippen LogP contribution in [0, 0.1) is 6.92 Å². The zero-order valence-electron chi connectivity index (χ0n) is 11.2. The van der Waals surface area contributed by atoms with Crippen LogP contribution >= 0.6 is 11.6 Å². The Labute approximate surface area is 117 Å². The maximum Gasteiger partial charge on any atom is 0.257 e. The molecule has 1 aromatic rings. The number of hydrogen-bond acceptors (Lipinski definition) is 3. The Morgan fingerprint density at radius 3 is 2.84 bits per heavy atom. The summed E-state index contributed by atoms with van der Waals surface area (Å²) in [7, 11) is 0. The molecule has 2 heterocycles. The Morgan fingerprint density at radius 2 is 2.21 bits per heavy atom. The number of amides is 2. The number of aromatic nitrogens is 1. The maximum atomic E-state index is 12.5. The summed E-state index contributed by atoms with van der Waals surface area (Å²) in [5, 5.41) is 3.11. The number of hydrogen-bond donors (Lipinski definition) is 1. The molecule has 0 saturated carbocycles. The van der Waals surface area contributed by atoms with E-state index in [1.54, 1.807) is 26.8 Å². The molecule has 0 bridgehead atoms. The minimum absolute atomic E-state index is 0.164. The monoisotopic (exact) mass is 281 g/mol. The standard InChI is InChI=1S/C13H16ClN3O2/c1-8-6-10(14)9(7-16-8)11(18)17-5-4-15-12(19)13(17,2)3/h6-7H,4-5H2,1-3H3,(H,15,19). The highest BCUT2D eigenvalue weighted by molar-refractivity contribution is 6.33. The van der Waals surface area contributed by atoms with Crippen molar-refractivity contribution in [1.82, 2.24) is 15.2 Å². The summed E-state index contributed by atoms with van der Waals surface area (Å²) in [6, 6.07) is 1.64. The molecular formula is C13H16ClN3O2. The van der Waals surface area contributed by atoms with E-state index in [0.717, 1.165) is 5.69 Å². The topological polar surface area (TPSA) is 62.3 Å². The Balaban J connectivity index is 2.35. The van der Waals surface area contributed by atoms with E-state index in [9.17, 15) is 9.59 Å². The van der Waals surface area contributed by atoms with Crippen molar-refractivity contribution in [3.8, 4) is 0 Å². The third-order valence-corrected chi connectivity index (χ3v) is 3.63. The number of carbonyl (C=O) groups is 2. The second kappa shape index (κ2) is 4.81. The first kappa shape index (κ1) is 13.8. The fraction of sp³-hybridized carbons (Fsp3) is 0.462. The third kappa shape index (κ3) is 2.42. The third-order valence-electron chi connectivity index (χ3n) is 3.32. The number of nitrogens with one attached hydrogen (secondary N) is 1. The lowest BCUT2D eigenvalue weighted by molar-refractivity contribution is -0.133. The number of nitrogens with zero attached hydrogens (tertiary/aromatic N) is 2. The summed E-state index contributed by atoms with van der Waals surface area (Å²) in [5.74, 6) is -0.430. The predicted octanol–water partition coefficient (Wildman–Crippen LogP) is 1.39. The van der Waals surface area contributed by atoms with Gasteiger partial charge in [-0.25, -0.2) is 0 Å². The molecule has 0 radical (unpaired) electrons. The largest absolute Gasteiger partial charge is 0.352 e. The lowest BCUT2D eigenvalue weighted by Crippen LogP contribution is -2.63. The van der Waals surface area contributed by atoms with Crippen LogP contribution in [0.15, 0.2) is 12.3 Å². The summed E-state index contributed by atoms with van der Waals surface area (Å²) in [6.07, 6.45) is 1.46. The summed E-state index contributed by atoms with van der Waals surface area (Å²) < 4.78 is 0. The highest BCUT2D eigenvalue weighted by atomic mass is 35.5. The number of pyridine rings is 1. The van der Waals surface area contributed by atoms with Crippen molar-refractivity contribution in [2.75, 3.05) is 13.1 Å². The molecule has 19 heavy (non-hydrogen) atoms. The molecule has 1 aliphatic heterocycles. The van der Waals surface area contributed by atoms with Gasteiger partial charge in [-0.1, -0.05) is 11.6 Å². The van der Waals surface area contributed by atoms with Crippen LogP contribution in [-0.4, -0.2) is 40.3 Å². The first-order valence-electron chi connectivity index (χ1n) is 6.06. The van der Waals surface area contributed by atoms with Gasteiger partial charge in [0, 0.05) is 25.0 Å². The molecule has 1 fully saturated rings. The fourth-order valence-electron chi connectivity index (χ4n) is 2.08. The van der Waals surface area contributed by atoms with E-state index in [1.807, 2.05) is 0 Å². The quantitative estimate of drug-likeness (QED) is 0.846. The Hall–Kier alpha value is -1.62. The van der Waals surface area contributed by atoms with Crippen molar-refractivity contribution in [3.05, 3.63) is 28.5 Å². The summed E-state index contributed by atoms with van der Waals surface area (Å²) in [6.45, 7) is 6.15. The van der Waals surface area contributed by atoms with Crippen molar-refractivity contribution in [3.63, 3.8) is 0 Å². The van der Waals surface area contributed by atoms with Crippen molar-refractivity contribution in [2.24, 2.45) is 0 Å². The van der Waals surface area contributed by atoms with E-state index in [-0.39, 0.29) is 11.8 Å². The zero-order chi connectivity index (χ0) is 14.2. The van der Waals surface area contributed by atoms with Crippen LogP contribution in [0.5, 0.6) is 0 Å². The van der Waals surface area contributed by atoms with E-state index in [1.165, 1.54) is 11.1 Å². The predicted molar refractivity (Wildman–Crippen MR) is 72.1 cm³/mol. The van der Waals surface area contributed by atoms with Crippen LogP contribution in [0.25, 0.3) is 0 Å². The van der Waals surface area contributed by atoms with Gasteiger partial charge in [0.25, 0.3) is 5.91 Å². The van der Waals surface area contributed by atoms with Crippen LogP contribution in [-0.2, 0) is 4.79 Å². The van der Waals surface area contributed by atoms with Crippen LogP contribution in [0.4, 0.5) is 0 Å². The molecule has 0 atom stereocenters. The van der Waals surface area contributed by atoms with E-state index >= 15 is 0 Å². The molecule has 6 heteroatoms. The molecule has 2 rings (SSSR count). The zero-order valence-corrected chi connectivity index (χ0v) is 11.9. The van der Waals surface area contributed by atoms with Gasteiger partial charge in [0.2, 0.25) is 5.91 Å². The second-order valence-electron chi connectivity index (χ2n) is 5.08. The van der Waals surface area contributed by atoms with Gasteiger partial charge in [0.15, 0.2) is 0 Å². The van der Waals surface area contributed by atoms with Gasteiger partial charge in [-0.3, -0.25) is 14.6 Å². The van der Waals surface area contributed by atoms with Crippen LogP contribution in [0.2, 0.25) is 5.02 Å². The number of carbonyl (C=O) groups excluding carboxylic acids is 2. The van der Waals surface area contributed by atoms with Gasteiger partial charge in [0.05, 0.1) is 10.6 Å². The molecule has 0 aromatic carbocycles. The molecular weight excluding hydrogens is 266 g/mol. The summed E-state index contributed by atoms with van der Waals surface area (Å²) in [5.41, 5.74) is 0.191. The molecule has 102 valence electrons. The van der Waals surface area contributed by atoms with Crippen molar-refractivity contribution < 1.29 is 9.59 Å². The number of piperazine rings is 1. The highest BCUT2D eigenvalue weighted by Gasteiger charge is 2.41. The van der Waals surface area contributed by atoms with Crippen molar-refractivity contribution >= 4 is 23.4 Å². The van der Waals surface area contributed by atoms with Gasteiger partial charge >= 0.3 is 0 Å². The highest BCUT2D eigenvalue weighted by Crippen LogP contribution is 2.24. The molecule has 2 amide bonds. The molecule has 5 nitrogen and oxygen atoms in total. The molecule has 1 N–H and O–H groups in total. The van der Waals surface area contributed by atoms with Crippen molar-refractivity contribution in [1.29, 1.82) is 0 Å².